The van der Waals surface area contributed by atoms with Crippen molar-refractivity contribution >= 4 is 24.0 Å². The van der Waals surface area contributed by atoms with Crippen LogP contribution in [0.5, 0.6) is 0 Å². The molecule has 1 aliphatic rings. The van der Waals surface area contributed by atoms with Crippen molar-refractivity contribution in [2.75, 3.05) is 6.54 Å². The van der Waals surface area contributed by atoms with Gasteiger partial charge < -0.3 is 11.1 Å². The number of amides is 1. The van der Waals surface area contributed by atoms with E-state index in [-0.39, 0.29) is 29.6 Å². The maximum Gasteiger partial charge on any atom is 0.270 e. The summed E-state index contributed by atoms with van der Waals surface area (Å²) >= 11 is 0. The number of nitrogens with two attached hydrogens (primary N) is 1. The first-order chi connectivity index (χ1) is 10.1. The Morgan fingerprint density at radius 3 is 2.86 bits per heavy atom. The third kappa shape index (κ3) is 3.13. The summed E-state index contributed by atoms with van der Waals surface area (Å²) in [5.74, 6) is 0.0446. The molecule has 3 rings (SSSR count). The lowest BCUT2D eigenvalue weighted by atomic mass is 10.1. The fourth-order valence-corrected chi connectivity index (χ4v) is 2.45. The van der Waals surface area contributed by atoms with Gasteiger partial charge in [-0.25, -0.2) is 4.98 Å². The molecule has 6 nitrogen and oxygen atoms in total. The molecular weight excluding hydrogens is 304 g/mol. The van der Waals surface area contributed by atoms with Gasteiger partial charge in [0.15, 0.2) is 0 Å². The highest BCUT2D eigenvalue weighted by molar-refractivity contribution is 5.94. The highest BCUT2D eigenvalue weighted by atomic mass is 35.5. The van der Waals surface area contributed by atoms with Crippen LogP contribution in [0.4, 0.5) is 0 Å². The molecule has 0 radical (unpaired) electrons. The van der Waals surface area contributed by atoms with Crippen LogP contribution in [0, 0.1) is 12.8 Å². The van der Waals surface area contributed by atoms with Gasteiger partial charge in [0.1, 0.15) is 11.2 Å². The van der Waals surface area contributed by atoms with Crippen LogP contribution < -0.4 is 16.6 Å². The maximum atomic E-state index is 12.4. The van der Waals surface area contributed by atoms with Crippen molar-refractivity contribution in [3.8, 4) is 0 Å². The second-order valence-electron chi connectivity index (χ2n) is 5.56. The van der Waals surface area contributed by atoms with E-state index in [9.17, 15) is 9.59 Å². The van der Waals surface area contributed by atoms with Gasteiger partial charge in [-0.2, -0.15) is 0 Å². The normalized spacial score (nSPS) is 15.2. The lowest BCUT2D eigenvalue weighted by Crippen LogP contribution is -2.43. The minimum Gasteiger partial charge on any atom is -0.348 e. The lowest BCUT2D eigenvalue weighted by molar-refractivity contribution is 0.0931. The van der Waals surface area contributed by atoms with E-state index in [1.807, 2.05) is 13.0 Å². The van der Waals surface area contributed by atoms with Gasteiger partial charge in [0.2, 0.25) is 0 Å². The Labute approximate surface area is 134 Å². The molecule has 2 heterocycles. The second-order valence-corrected chi connectivity index (χ2v) is 5.56. The molecule has 0 spiro atoms. The van der Waals surface area contributed by atoms with Crippen molar-refractivity contribution in [3.63, 3.8) is 0 Å². The molecule has 0 bridgehead atoms. The quantitative estimate of drug-likeness (QED) is 0.875. The zero-order chi connectivity index (χ0) is 15.0. The van der Waals surface area contributed by atoms with Crippen molar-refractivity contribution in [3.05, 3.63) is 46.0 Å². The van der Waals surface area contributed by atoms with Crippen molar-refractivity contribution in [1.29, 1.82) is 0 Å². The number of hydrogen-bond donors (Lipinski definition) is 2. The maximum absolute atomic E-state index is 12.4. The molecule has 1 amide bonds. The first kappa shape index (κ1) is 16.5. The summed E-state index contributed by atoms with van der Waals surface area (Å²) in [4.78, 5) is 28.9. The number of hydrogen-bond acceptors (Lipinski definition) is 4. The first-order valence-corrected chi connectivity index (χ1v) is 7.09. The van der Waals surface area contributed by atoms with E-state index in [0.29, 0.717) is 18.1 Å². The van der Waals surface area contributed by atoms with Crippen LogP contribution in [-0.4, -0.2) is 27.9 Å². The lowest BCUT2D eigenvalue weighted by Gasteiger charge is -2.15. The van der Waals surface area contributed by atoms with E-state index in [2.05, 4.69) is 10.3 Å². The highest BCUT2D eigenvalue weighted by Gasteiger charge is 2.31. The Morgan fingerprint density at radius 2 is 2.23 bits per heavy atom. The molecule has 0 aliphatic heterocycles. The molecular formula is C15H19ClN4O2. The van der Waals surface area contributed by atoms with Crippen LogP contribution in [0.3, 0.4) is 0 Å². The number of carbonyl (C=O) groups excluding carboxylic acids is 1. The monoisotopic (exact) mass is 322 g/mol. The average Bonchev–Trinajstić information content (AvgIpc) is 3.30. The fourth-order valence-electron chi connectivity index (χ4n) is 2.45. The number of nitrogens with zero attached hydrogens (tertiary/aromatic N) is 2. The van der Waals surface area contributed by atoms with Crippen molar-refractivity contribution in [2.24, 2.45) is 11.7 Å². The van der Waals surface area contributed by atoms with E-state index in [0.717, 1.165) is 18.4 Å². The van der Waals surface area contributed by atoms with Crippen LogP contribution in [0.15, 0.2) is 29.3 Å². The van der Waals surface area contributed by atoms with Crippen LogP contribution in [0.1, 0.15) is 28.8 Å². The number of pyridine rings is 1. The molecule has 1 unspecified atom stereocenters. The number of rotatable bonds is 4. The smallest absolute Gasteiger partial charge is 0.270 e. The van der Waals surface area contributed by atoms with Gasteiger partial charge in [-0.1, -0.05) is 6.07 Å². The molecule has 0 aromatic carbocycles. The summed E-state index contributed by atoms with van der Waals surface area (Å²) in [5.41, 5.74) is 6.83. The molecule has 2 aromatic rings. The summed E-state index contributed by atoms with van der Waals surface area (Å²) in [6.07, 6.45) is 5.18. The number of aromatic nitrogens is 2. The number of nitrogens with one attached hydrogen (secondary N) is 1. The van der Waals surface area contributed by atoms with Crippen molar-refractivity contribution < 1.29 is 4.79 Å². The summed E-state index contributed by atoms with van der Waals surface area (Å²) in [6.45, 7) is 2.27. The summed E-state index contributed by atoms with van der Waals surface area (Å²) in [6, 6.07) is 3.57. The topological polar surface area (TPSA) is 89.5 Å². The predicted molar refractivity (Wildman–Crippen MR) is 86.5 cm³/mol. The number of aryl methyl sites for hydroxylation is 1. The van der Waals surface area contributed by atoms with E-state index >= 15 is 0 Å². The third-order valence-corrected chi connectivity index (χ3v) is 3.86. The van der Waals surface area contributed by atoms with Gasteiger partial charge in [0.05, 0.1) is 0 Å². The van der Waals surface area contributed by atoms with E-state index in [4.69, 9.17) is 5.73 Å². The Kier molecular flexibility index (Phi) is 4.83. The zero-order valence-corrected chi connectivity index (χ0v) is 13.1. The number of halogens is 1. The number of fused-ring (bicyclic) bond motifs is 1. The molecule has 118 valence electrons. The van der Waals surface area contributed by atoms with Crippen LogP contribution in [0.2, 0.25) is 0 Å². The Balaban J connectivity index is 0.00000176. The van der Waals surface area contributed by atoms with Crippen LogP contribution >= 0.6 is 12.4 Å². The van der Waals surface area contributed by atoms with Gasteiger partial charge in [0, 0.05) is 25.0 Å². The molecule has 22 heavy (non-hydrogen) atoms. The molecule has 1 atom stereocenters. The molecule has 2 aromatic heterocycles. The Bertz CT molecular complexity index is 755. The molecule has 7 heteroatoms. The first-order valence-electron chi connectivity index (χ1n) is 7.09. The molecule has 0 saturated heterocycles. The second kappa shape index (κ2) is 6.46. The zero-order valence-electron chi connectivity index (χ0n) is 12.3. The molecule has 1 saturated carbocycles. The van der Waals surface area contributed by atoms with Crippen LogP contribution in [-0.2, 0) is 0 Å². The predicted octanol–water partition coefficient (Wildman–Crippen LogP) is 0.892. The van der Waals surface area contributed by atoms with E-state index in [1.165, 1.54) is 10.6 Å². The molecule has 1 aliphatic carbocycles. The summed E-state index contributed by atoms with van der Waals surface area (Å²) in [7, 11) is 0. The minimum absolute atomic E-state index is 0. The van der Waals surface area contributed by atoms with Gasteiger partial charge in [-0.05, 0) is 37.3 Å². The van der Waals surface area contributed by atoms with E-state index in [1.54, 1.807) is 12.3 Å². The van der Waals surface area contributed by atoms with Gasteiger partial charge >= 0.3 is 0 Å². The fraction of sp³-hybridized carbons (Fsp3) is 0.400. The largest absolute Gasteiger partial charge is 0.348 e. The van der Waals surface area contributed by atoms with Crippen molar-refractivity contribution in [2.45, 2.75) is 25.8 Å². The summed E-state index contributed by atoms with van der Waals surface area (Å²) < 4.78 is 1.40. The molecule has 1 fully saturated rings. The summed E-state index contributed by atoms with van der Waals surface area (Å²) in [5, 5.41) is 2.85. The highest BCUT2D eigenvalue weighted by Crippen LogP contribution is 2.32. The average molecular weight is 323 g/mol. The Hall–Kier alpha value is -1.92. The Morgan fingerprint density at radius 1 is 1.50 bits per heavy atom. The van der Waals surface area contributed by atoms with Gasteiger partial charge in [0.25, 0.3) is 11.5 Å². The van der Waals surface area contributed by atoms with Crippen molar-refractivity contribution in [1.82, 2.24) is 14.7 Å². The van der Waals surface area contributed by atoms with Crippen LogP contribution in [0.25, 0.3) is 5.65 Å². The van der Waals surface area contributed by atoms with E-state index < -0.39 is 5.91 Å². The van der Waals surface area contributed by atoms with Gasteiger partial charge in [-0.3, -0.25) is 14.0 Å². The minimum atomic E-state index is -0.397. The SMILES string of the molecule is Cc1ccc2ncc(C(=O)NC(CN)C3CC3)c(=O)n2c1.Cl. The van der Waals surface area contributed by atoms with Gasteiger partial charge in [-0.15, -0.1) is 12.4 Å². The number of carbonyl (C=O) groups is 1. The third-order valence-electron chi connectivity index (χ3n) is 3.86. The standard InChI is InChI=1S/C15H18N4O2.ClH/c1-9-2-5-13-17-7-11(15(21)19(13)8-9)14(20)18-12(6-16)10-3-4-10;/h2,5,7-8,10,12H,3-4,6,16H2,1H3,(H,18,20);1H. The molecule has 3 N–H and O–H groups in total.